The van der Waals surface area contributed by atoms with Gasteiger partial charge in [0.25, 0.3) is 0 Å². The smallest absolute Gasteiger partial charge is 0.121 e. The predicted octanol–water partition coefficient (Wildman–Crippen LogP) is 1.91. The summed E-state index contributed by atoms with van der Waals surface area (Å²) in [5, 5.41) is 1.74. The highest BCUT2D eigenvalue weighted by Gasteiger charge is 2.17. The number of nitrogens with zero attached hydrogens (tertiary/aromatic N) is 2. The molecule has 5 nitrogen and oxygen atoms in total. The molecule has 1 heterocycles. The monoisotopic (exact) mass is 285 g/mol. The molecule has 1 aliphatic rings. The lowest BCUT2D eigenvalue weighted by atomic mass is 10.2. The van der Waals surface area contributed by atoms with Crippen molar-refractivity contribution in [3.05, 3.63) is 11.9 Å². The maximum atomic E-state index is 5.28. The Hall–Kier alpha value is -0.850. The van der Waals surface area contributed by atoms with E-state index in [1.165, 1.54) is 25.7 Å². The molecule has 19 heavy (non-hydrogen) atoms. The van der Waals surface area contributed by atoms with Crippen molar-refractivity contribution in [1.29, 1.82) is 0 Å². The minimum Gasteiger partial charge on any atom is -0.357 e. The van der Waals surface area contributed by atoms with Crippen molar-refractivity contribution in [2.24, 2.45) is 0 Å². The summed E-state index contributed by atoms with van der Waals surface area (Å²) in [5.41, 5.74) is 9.54. The molecule has 0 saturated carbocycles. The fraction of sp³-hybridized carbons (Fsp3) is 0.769. The van der Waals surface area contributed by atoms with E-state index in [-0.39, 0.29) is 0 Å². The first-order valence-electron chi connectivity index (χ1n) is 7.28. The Kier molecular flexibility index (Phi) is 7.78. The molecule has 0 aromatic heterocycles. The van der Waals surface area contributed by atoms with Crippen LogP contribution in [0, 0.1) is 0 Å². The molecule has 6 heteroatoms. The Morgan fingerprint density at radius 1 is 1.16 bits per heavy atom. The summed E-state index contributed by atoms with van der Waals surface area (Å²) in [4.78, 5) is 3.11. The van der Waals surface area contributed by atoms with Gasteiger partial charge in [-0.2, -0.15) is 0 Å². The largest absolute Gasteiger partial charge is 0.357 e. The minimum absolute atomic E-state index is 0.729. The average molecular weight is 285 g/mol. The van der Waals surface area contributed by atoms with E-state index in [0.717, 1.165) is 30.4 Å². The molecule has 0 aromatic carbocycles. The first kappa shape index (κ1) is 16.2. The molecule has 1 rings (SSSR count). The Balaban J connectivity index is 2.66. The first-order chi connectivity index (χ1) is 9.21. The zero-order valence-electron chi connectivity index (χ0n) is 12.3. The van der Waals surface area contributed by atoms with Crippen molar-refractivity contribution in [1.82, 2.24) is 26.4 Å². The zero-order valence-corrected chi connectivity index (χ0v) is 13.1. The summed E-state index contributed by atoms with van der Waals surface area (Å²) in [5.74, 6) is 1.08. The molecule has 1 aliphatic heterocycles. The lowest BCUT2D eigenvalue weighted by Crippen LogP contribution is -2.61. The van der Waals surface area contributed by atoms with Crippen LogP contribution in [0.1, 0.15) is 46.5 Å². The van der Waals surface area contributed by atoms with Crippen molar-refractivity contribution in [3.8, 4) is 0 Å². The summed E-state index contributed by atoms with van der Waals surface area (Å²) in [6.45, 7) is 9.46. The Morgan fingerprint density at radius 2 is 1.79 bits per heavy atom. The van der Waals surface area contributed by atoms with Gasteiger partial charge in [0.15, 0.2) is 0 Å². The van der Waals surface area contributed by atoms with Crippen molar-refractivity contribution in [2.45, 2.75) is 46.5 Å². The highest BCUT2D eigenvalue weighted by molar-refractivity contribution is 7.80. The Labute approximate surface area is 122 Å². The van der Waals surface area contributed by atoms with Crippen molar-refractivity contribution in [2.75, 3.05) is 19.6 Å². The van der Waals surface area contributed by atoms with Gasteiger partial charge in [0.2, 0.25) is 0 Å². The maximum absolute atomic E-state index is 5.28. The highest BCUT2D eigenvalue weighted by atomic mass is 32.1. The van der Waals surface area contributed by atoms with Gasteiger partial charge in [0.05, 0.1) is 0 Å². The second kappa shape index (κ2) is 9.12. The summed E-state index contributed by atoms with van der Waals surface area (Å²) < 4.78 is 0. The van der Waals surface area contributed by atoms with Crippen LogP contribution in [0.25, 0.3) is 0 Å². The van der Waals surface area contributed by atoms with Gasteiger partial charge < -0.3 is 4.90 Å². The number of hydrogen-bond donors (Lipinski definition) is 3. The number of unbranched alkanes of at least 4 members (excludes halogenated alkanes) is 2. The van der Waals surface area contributed by atoms with Crippen LogP contribution in [-0.4, -0.2) is 34.7 Å². The molecule has 0 radical (unpaired) electrons. The van der Waals surface area contributed by atoms with Crippen LogP contribution in [0.5, 0.6) is 0 Å². The fourth-order valence-corrected chi connectivity index (χ4v) is 2.09. The van der Waals surface area contributed by atoms with E-state index in [4.69, 9.17) is 12.2 Å². The number of rotatable bonds is 9. The summed E-state index contributed by atoms with van der Waals surface area (Å²) >= 11 is 5.28. The summed E-state index contributed by atoms with van der Waals surface area (Å²) in [7, 11) is 0. The predicted molar refractivity (Wildman–Crippen MR) is 83.9 cm³/mol. The third kappa shape index (κ3) is 5.76. The molecular weight excluding hydrogens is 258 g/mol. The van der Waals surface area contributed by atoms with E-state index < -0.39 is 0 Å². The molecule has 3 N–H and O–H groups in total. The van der Waals surface area contributed by atoms with Crippen LogP contribution < -0.4 is 16.3 Å². The van der Waals surface area contributed by atoms with E-state index in [1.54, 1.807) is 5.23 Å². The Bertz CT molecular complexity index is 297. The molecule has 110 valence electrons. The quantitative estimate of drug-likeness (QED) is 0.562. The van der Waals surface area contributed by atoms with Crippen LogP contribution in [0.15, 0.2) is 11.9 Å². The normalized spacial score (nSPS) is 15.7. The molecular formula is C13H27N5S. The molecule has 0 saturated heterocycles. The minimum atomic E-state index is 0.729. The van der Waals surface area contributed by atoms with E-state index in [2.05, 4.69) is 41.9 Å². The molecule has 0 aromatic rings. The fourth-order valence-electron chi connectivity index (χ4n) is 1.89. The van der Waals surface area contributed by atoms with Gasteiger partial charge >= 0.3 is 0 Å². The van der Waals surface area contributed by atoms with Crippen LogP contribution >= 0.6 is 12.2 Å². The molecule has 0 bridgehead atoms. The Morgan fingerprint density at radius 3 is 2.32 bits per heavy atom. The van der Waals surface area contributed by atoms with Crippen LogP contribution in [0.4, 0.5) is 0 Å². The number of hydrazine groups is 3. The van der Waals surface area contributed by atoms with Gasteiger partial charge in [-0.15, -0.1) is 0 Å². The second-order valence-electron chi connectivity index (χ2n) is 4.66. The maximum Gasteiger partial charge on any atom is 0.121 e. The second-order valence-corrected chi connectivity index (χ2v) is 5.10. The molecule has 0 atom stereocenters. The standard InChI is InChI=1S/C13H27N5S/c1-4-7-9-17(10-8-5-2)12-11-13(19)16-18(15-12)14-6-3/h11,14-15H,4-10H2,1-3H3,(H,16,19). The molecule has 0 aliphatic carbocycles. The summed E-state index contributed by atoms with van der Waals surface area (Å²) in [6, 6.07) is 0. The van der Waals surface area contributed by atoms with Gasteiger partial charge in [0, 0.05) is 25.7 Å². The van der Waals surface area contributed by atoms with Gasteiger partial charge in [-0.05, 0) is 12.8 Å². The number of hydrogen-bond acceptors (Lipinski definition) is 5. The molecule has 0 amide bonds. The highest BCUT2D eigenvalue weighted by Crippen LogP contribution is 2.09. The number of thiocarbonyl (C=S) groups is 1. The lowest BCUT2D eigenvalue weighted by molar-refractivity contribution is 0.0746. The zero-order chi connectivity index (χ0) is 14.1. The van der Waals surface area contributed by atoms with E-state index >= 15 is 0 Å². The lowest BCUT2D eigenvalue weighted by Gasteiger charge is -2.36. The third-order valence-electron chi connectivity index (χ3n) is 2.94. The van der Waals surface area contributed by atoms with Gasteiger partial charge in [-0.3, -0.25) is 10.9 Å². The van der Waals surface area contributed by atoms with E-state index in [9.17, 15) is 0 Å². The van der Waals surface area contributed by atoms with Gasteiger partial charge in [0.1, 0.15) is 10.8 Å². The van der Waals surface area contributed by atoms with Crippen molar-refractivity contribution < 1.29 is 0 Å². The summed E-state index contributed by atoms with van der Waals surface area (Å²) in [6.07, 6.45) is 6.80. The van der Waals surface area contributed by atoms with Crippen LogP contribution in [0.2, 0.25) is 0 Å². The molecule has 0 fully saturated rings. The van der Waals surface area contributed by atoms with Crippen molar-refractivity contribution >= 4 is 17.2 Å². The average Bonchev–Trinajstić information content (AvgIpc) is 2.38. The molecule has 0 unspecified atom stereocenters. The van der Waals surface area contributed by atoms with Gasteiger partial charge in [-0.1, -0.05) is 51.1 Å². The van der Waals surface area contributed by atoms with Gasteiger partial charge in [-0.25, -0.2) is 5.43 Å². The van der Waals surface area contributed by atoms with E-state index in [0.29, 0.717) is 0 Å². The topological polar surface area (TPSA) is 42.6 Å². The first-order valence-corrected chi connectivity index (χ1v) is 7.69. The van der Waals surface area contributed by atoms with Crippen LogP contribution in [0.3, 0.4) is 0 Å². The molecule has 0 spiro atoms. The number of nitrogens with one attached hydrogen (secondary N) is 3. The third-order valence-corrected chi connectivity index (χ3v) is 3.15. The SMILES string of the molecule is CCCCN(CCCC)C1=CC(=S)NN(NCC)N1. The van der Waals surface area contributed by atoms with Crippen LogP contribution in [-0.2, 0) is 0 Å². The van der Waals surface area contributed by atoms with Crippen molar-refractivity contribution in [3.63, 3.8) is 0 Å². The van der Waals surface area contributed by atoms with E-state index in [1.807, 2.05) is 6.08 Å².